The molecule has 2 heterocycles. The number of nitrogens with zero attached hydrogens (tertiary/aromatic N) is 2. The zero-order chi connectivity index (χ0) is 25.2. The van der Waals surface area contributed by atoms with Crippen LogP contribution in [0.1, 0.15) is 49.2 Å². The monoisotopic (exact) mass is 478 g/mol. The Kier molecular flexibility index (Phi) is 7.99. The average Bonchev–Trinajstić information content (AvgIpc) is 3.12. The molecule has 188 valence electrons. The van der Waals surface area contributed by atoms with Gasteiger partial charge in [-0.25, -0.2) is 4.79 Å². The van der Waals surface area contributed by atoms with Crippen molar-refractivity contribution in [2.75, 3.05) is 13.7 Å². The molecule has 0 radical (unpaired) electrons. The van der Waals surface area contributed by atoms with Crippen LogP contribution in [0.2, 0.25) is 0 Å². The molecule has 0 bridgehead atoms. The van der Waals surface area contributed by atoms with Crippen LogP contribution in [-0.4, -0.2) is 80.1 Å². The van der Waals surface area contributed by atoms with Crippen LogP contribution in [-0.2, 0) is 27.1 Å². The van der Waals surface area contributed by atoms with E-state index in [0.717, 1.165) is 30.4 Å². The van der Waals surface area contributed by atoms with Gasteiger partial charge in [-0.1, -0.05) is 31.2 Å². The Morgan fingerprint density at radius 1 is 1.26 bits per heavy atom. The predicted molar refractivity (Wildman–Crippen MR) is 121 cm³/mol. The van der Waals surface area contributed by atoms with Gasteiger partial charge in [-0.2, -0.15) is 0 Å². The van der Waals surface area contributed by atoms with Crippen molar-refractivity contribution in [3.63, 3.8) is 0 Å². The molecule has 0 amide bonds. The van der Waals surface area contributed by atoms with Crippen molar-refractivity contribution >= 4 is 5.97 Å². The number of ether oxygens (including phenoxy) is 3. The van der Waals surface area contributed by atoms with Crippen molar-refractivity contribution in [3.05, 3.63) is 46.6 Å². The number of carbonyl (C=O) groups excluding carboxylic acids is 1. The third-order valence-corrected chi connectivity index (χ3v) is 6.24. The lowest BCUT2D eigenvalue weighted by molar-refractivity contribution is -0.272. The Balaban J connectivity index is 1.84. The Hall–Kier alpha value is -2.50. The third kappa shape index (κ3) is 4.96. The molecular weight excluding hydrogens is 444 g/mol. The van der Waals surface area contributed by atoms with Gasteiger partial charge < -0.3 is 34.6 Å². The molecule has 1 aliphatic rings. The summed E-state index contributed by atoms with van der Waals surface area (Å²) in [4.78, 5) is 11.8. The number of methoxy groups -OCH3 is 1. The first-order valence-electron chi connectivity index (χ1n) is 11.3. The van der Waals surface area contributed by atoms with Gasteiger partial charge in [0.15, 0.2) is 0 Å². The summed E-state index contributed by atoms with van der Waals surface area (Å²) in [6.07, 6.45) is -5.52. The van der Waals surface area contributed by atoms with Crippen molar-refractivity contribution < 1.29 is 39.4 Å². The van der Waals surface area contributed by atoms with Crippen molar-refractivity contribution in [1.82, 2.24) is 9.78 Å². The number of aliphatic hydroxyl groups is 4. The van der Waals surface area contributed by atoms with Gasteiger partial charge in [-0.15, -0.1) is 5.10 Å². The van der Waals surface area contributed by atoms with Crippen LogP contribution in [0.3, 0.4) is 0 Å². The standard InChI is InChI=1S/C24H34N2O8/c1-6-15-7-9-16(10-8-15)11-17-14(4)26(13(2)3)25-21(17)34-22(29)19-18(27)20(28)24(31,12-33-19)23(30)32-5/h7-10,13,18-20,22,27-29,31H,6,11-12H2,1-5H3/t18-,19+,20+,22?,24+/m1/s1. The molecule has 1 aromatic heterocycles. The second kappa shape index (κ2) is 10.4. The maximum Gasteiger partial charge on any atom is 0.343 e. The minimum absolute atomic E-state index is 0.0316. The van der Waals surface area contributed by atoms with Gasteiger partial charge in [0, 0.05) is 23.7 Å². The second-order valence-electron chi connectivity index (χ2n) is 8.89. The number of hydrogen-bond donors (Lipinski definition) is 4. The summed E-state index contributed by atoms with van der Waals surface area (Å²) < 4.78 is 17.3. The number of aliphatic hydroxyl groups excluding tert-OH is 3. The van der Waals surface area contributed by atoms with E-state index in [1.54, 1.807) is 4.68 Å². The SMILES string of the molecule is CCc1ccc(Cc2c(OC(O)[C@H]3OC[C@@](O)(C(=O)OC)[C@@H](O)[C@@H]3O)nn(C(C)C)c2C)cc1. The minimum atomic E-state index is -2.46. The normalized spacial score (nSPS) is 25.9. The van der Waals surface area contributed by atoms with Crippen LogP contribution < -0.4 is 4.74 Å². The Morgan fingerprint density at radius 3 is 2.44 bits per heavy atom. The van der Waals surface area contributed by atoms with Crippen LogP contribution in [0.4, 0.5) is 0 Å². The highest BCUT2D eigenvalue weighted by Gasteiger charge is 2.56. The highest BCUT2D eigenvalue weighted by atomic mass is 16.6. The van der Waals surface area contributed by atoms with E-state index in [4.69, 9.17) is 9.47 Å². The molecule has 1 aromatic carbocycles. The van der Waals surface area contributed by atoms with Crippen molar-refractivity contribution in [3.8, 4) is 5.88 Å². The number of esters is 1. The number of hydrogen-bond acceptors (Lipinski definition) is 9. The lowest BCUT2D eigenvalue weighted by Crippen LogP contribution is -2.67. The molecule has 1 unspecified atom stereocenters. The molecule has 10 heteroatoms. The lowest BCUT2D eigenvalue weighted by atomic mass is 9.87. The highest BCUT2D eigenvalue weighted by Crippen LogP contribution is 2.31. The van der Waals surface area contributed by atoms with Crippen LogP contribution in [0.25, 0.3) is 0 Å². The fraction of sp³-hybridized carbons (Fsp3) is 0.583. The average molecular weight is 479 g/mol. The zero-order valence-corrected chi connectivity index (χ0v) is 20.1. The number of aromatic nitrogens is 2. The smallest absolute Gasteiger partial charge is 0.343 e. The molecular formula is C24H34N2O8. The van der Waals surface area contributed by atoms with E-state index in [0.29, 0.717) is 6.42 Å². The number of rotatable bonds is 8. The molecule has 1 saturated heterocycles. The number of aryl methyl sites for hydroxylation is 1. The largest absolute Gasteiger partial charge is 0.467 e. The molecule has 34 heavy (non-hydrogen) atoms. The third-order valence-electron chi connectivity index (χ3n) is 6.24. The maximum absolute atomic E-state index is 11.8. The van der Waals surface area contributed by atoms with E-state index in [-0.39, 0.29) is 11.9 Å². The van der Waals surface area contributed by atoms with Gasteiger partial charge in [-0.3, -0.25) is 4.68 Å². The summed E-state index contributed by atoms with van der Waals surface area (Å²) in [7, 11) is 1.04. The van der Waals surface area contributed by atoms with E-state index < -0.39 is 42.8 Å². The first-order valence-corrected chi connectivity index (χ1v) is 11.3. The molecule has 4 N–H and O–H groups in total. The van der Waals surface area contributed by atoms with Crippen LogP contribution in [0, 0.1) is 6.92 Å². The topological polar surface area (TPSA) is 144 Å². The van der Waals surface area contributed by atoms with Crippen molar-refractivity contribution in [1.29, 1.82) is 0 Å². The quantitative estimate of drug-likeness (QED) is 0.317. The fourth-order valence-corrected chi connectivity index (χ4v) is 4.08. The maximum atomic E-state index is 11.8. The molecule has 1 aliphatic heterocycles. The Bertz CT molecular complexity index is 990. The summed E-state index contributed by atoms with van der Waals surface area (Å²) in [5.41, 5.74) is 1.42. The highest BCUT2D eigenvalue weighted by molar-refractivity contribution is 5.80. The molecule has 0 spiro atoms. The fourth-order valence-electron chi connectivity index (χ4n) is 4.08. The second-order valence-corrected chi connectivity index (χ2v) is 8.89. The molecule has 0 aliphatic carbocycles. The van der Waals surface area contributed by atoms with Gasteiger partial charge in [-0.05, 0) is 38.3 Å². The summed E-state index contributed by atoms with van der Waals surface area (Å²) in [6, 6.07) is 8.21. The number of benzene rings is 1. The number of carbonyl (C=O) groups is 1. The van der Waals surface area contributed by atoms with E-state index in [1.807, 2.05) is 32.9 Å². The van der Waals surface area contributed by atoms with Gasteiger partial charge in [0.05, 0.1) is 13.7 Å². The van der Waals surface area contributed by atoms with Crippen LogP contribution >= 0.6 is 0 Å². The summed E-state index contributed by atoms with van der Waals surface area (Å²) in [5, 5.41) is 46.4. The summed E-state index contributed by atoms with van der Waals surface area (Å²) >= 11 is 0. The Morgan fingerprint density at radius 2 is 1.88 bits per heavy atom. The lowest BCUT2D eigenvalue weighted by Gasteiger charge is -2.42. The van der Waals surface area contributed by atoms with Crippen LogP contribution in [0.15, 0.2) is 24.3 Å². The van der Waals surface area contributed by atoms with E-state index >= 15 is 0 Å². The predicted octanol–water partition coefficient (Wildman–Crippen LogP) is 0.648. The van der Waals surface area contributed by atoms with Gasteiger partial charge in [0.1, 0.15) is 18.3 Å². The first-order chi connectivity index (χ1) is 16.0. The van der Waals surface area contributed by atoms with E-state index in [2.05, 4.69) is 28.9 Å². The summed E-state index contributed by atoms with van der Waals surface area (Å²) in [6.45, 7) is 7.24. The molecule has 0 saturated carbocycles. The molecule has 1 fully saturated rings. The molecule has 2 aromatic rings. The van der Waals surface area contributed by atoms with Crippen molar-refractivity contribution in [2.24, 2.45) is 0 Å². The van der Waals surface area contributed by atoms with E-state index in [1.165, 1.54) is 5.56 Å². The van der Waals surface area contributed by atoms with Gasteiger partial charge in [0.2, 0.25) is 17.8 Å². The minimum Gasteiger partial charge on any atom is -0.467 e. The van der Waals surface area contributed by atoms with E-state index in [9.17, 15) is 25.2 Å². The summed E-state index contributed by atoms with van der Waals surface area (Å²) in [5.74, 6) is -0.993. The van der Waals surface area contributed by atoms with Gasteiger partial charge >= 0.3 is 5.97 Å². The zero-order valence-electron chi connectivity index (χ0n) is 20.1. The van der Waals surface area contributed by atoms with Crippen molar-refractivity contribution in [2.45, 2.75) is 76.8 Å². The first kappa shape index (κ1) is 26.1. The molecule has 3 rings (SSSR count). The Labute approximate surface area is 198 Å². The molecule has 10 nitrogen and oxygen atoms in total. The molecule has 5 atom stereocenters. The van der Waals surface area contributed by atoms with Gasteiger partial charge in [0.25, 0.3) is 0 Å². The van der Waals surface area contributed by atoms with Crippen LogP contribution in [0.5, 0.6) is 5.88 Å².